The van der Waals surface area contributed by atoms with E-state index >= 15 is 0 Å². The molecule has 6 nitrogen and oxygen atoms in total. The van der Waals surface area contributed by atoms with Crippen LogP contribution in [0.15, 0.2) is 48.2 Å². The normalized spacial score (nSPS) is 15.5. The molecule has 3 heterocycles. The van der Waals surface area contributed by atoms with E-state index in [0.717, 1.165) is 43.3 Å². The second kappa shape index (κ2) is 6.78. The van der Waals surface area contributed by atoms with Gasteiger partial charge in [0.15, 0.2) is 0 Å². The van der Waals surface area contributed by atoms with Gasteiger partial charge in [-0.05, 0) is 36.8 Å². The Bertz CT molecular complexity index is 865. The SMILES string of the molecule is CN1CCN(C(=O)c2cccc(-n3ccnc3-c3cnsc3)c2)CC1. The third-order valence-electron chi connectivity index (χ3n) is 4.49. The molecule has 4 rings (SSSR count). The van der Waals surface area contributed by atoms with Crippen molar-refractivity contribution in [1.82, 2.24) is 23.7 Å². The number of hydrogen-bond acceptors (Lipinski definition) is 5. The molecule has 0 spiro atoms. The van der Waals surface area contributed by atoms with Crippen molar-refractivity contribution in [3.63, 3.8) is 0 Å². The fourth-order valence-corrected chi connectivity index (χ4v) is 3.54. The Morgan fingerprint density at radius 1 is 1.20 bits per heavy atom. The van der Waals surface area contributed by atoms with Crippen molar-refractivity contribution >= 4 is 17.4 Å². The maximum Gasteiger partial charge on any atom is 0.254 e. The summed E-state index contributed by atoms with van der Waals surface area (Å²) in [6, 6.07) is 7.73. The van der Waals surface area contributed by atoms with Crippen LogP contribution >= 0.6 is 11.5 Å². The molecule has 3 aromatic rings. The molecule has 0 unspecified atom stereocenters. The summed E-state index contributed by atoms with van der Waals surface area (Å²) in [6.07, 6.45) is 5.48. The van der Waals surface area contributed by atoms with Gasteiger partial charge < -0.3 is 9.80 Å². The number of benzene rings is 1. The summed E-state index contributed by atoms with van der Waals surface area (Å²) in [5.74, 6) is 0.923. The van der Waals surface area contributed by atoms with E-state index in [2.05, 4.69) is 21.3 Å². The van der Waals surface area contributed by atoms with Crippen molar-refractivity contribution in [1.29, 1.82) is 0 Å². The minimum atomic E-state index is 0.0915. The van der Waals surface area contributed by atoms with Gasteiger partial charge in [0.05, 0.1) is 6.20 Å². The van der Waals surface area contributed by atoms with Crippen LogP contribution in [0.1, 0.15) is 10.4 Å². The first kappa shape index (κ1) is 16.0. The van der Waals surface area contributed by atoms with Gasteiger partial charge in [-0.15, -0.1) is 0 Å². The quantitative estimate of drug-likeness (QED) is 0.725. The lowest BCUT2D eigenvalue weighted by Gasteiger charge is -2.32. The van der Waals surface area contributed by atoms with Crippen molar-refractivity contribution < 1.29 is 4.79 Å². The van der Waals surface area contributed by atoms with Gasteiger partial charge in [0.2, 0.25) is 0 Å². The van der Waals surface area contributed by atoms with E-state index in [9.17, 15) is 4.79 Å². The van der Waals surface area contributed by atoms with Crippen LogP contribution in [0.2, 0.25) is 0 Å². The van der Waals surface area contributed by atoms with Gasteiger partial charge in [-0.2, -0.15) is 0 Å². The fourth-order valence-electron chi connectivity index (χ4n) is 3.02. The zero-order valence-electron chi connectivity index (χ0n) is 14.0. The number of likely N-dealkylation sites (N-methyl/N-ethyl adjacent to an activating group) is 1. The van der Waals surface area contributed by atoms with E-state index in [-0.39, 0.29) is 5.91 Å². The molecule has 1 saturated heterocycles. The van der Waals surface area contributed by atoms with E-state index in [1.54, 1.807) is 6.20 Å². The van der Waals surface area contributed by atoms with Crippen LogP contribution in [-0.2, 0) is 0 Å². The molecule has 0 atom stereocenters. The van der Waals surface area contributed by atoms with Crippen LogP contribution in [-0.4, -0.2) is 62.9 Å². The van der Waals surface area contributed by atoms with Gasteiger partial charge >= 0.3 is 0 Å². The van der Waals surface area contributed by atoms with Crippen LogP contribution in [0.4, 0.5) is 0 Å². The molecule has 25 heavy (non-hydrogen) atoms. The molecule has 0 N–H and O–H groups in total. The highest BCUT2D eigenvalue weighted by Gasteiger charge is 2.20. The van der Waals surface area contributed by atoms with Crippen LogP contribution < -0.4 is 0 Å². The summed E-state index contributed by atoms with van der Waals surface area (Å²) in [5, 5.41) is 1.97. The number of amides is 1. The van der Waals surface area contributed by atoms with E-state index in [0.29, 0.717) is 5.56 Å². The number of imidazole rings is 1. The van der Waals surface area contributed by atoms with E-state index in [4.69, 9.17) is 0 Å². The first-order valence-corrected chi connectivity index (χ1v) is 9.07. The largest absolute Gasteiger partial charge is 0.336 e. The molecule has 1 aliphatic rings. The predicted octanol–water partition coefficient (Wildman–Crippen LogP) is 2.38. The average Bonchev–Trinajstić information content (AvgIpc) is 3.33. The molecule has 0 bridgehead atoms. The number of carbonyl (C=O) groups excluding carboxylic acids is 1. The van der Waals surface area contributed by atoms with Gasteiger partial charge in [-0.1, -0.05) is 6.07 Å². The molecule has 1 aliphatic heterocycles. The van der Waals surface area contributed by atoms with Gasteiger partial charge in [-0.3, -0.25) is 9.36 Å². The summed E-state index contributed by atoms with van der Waals surface area (Å²) in [5.41, 5.74) is 2.62. The van der Waals surface area contributed by atoms with E-state index in [1.807, 2.05) is 51.5 Å². The Morgan fingerprint density at radius 2 is 2.04 bits per heavy atom. The molecular weight excluding hydrogens is 334 g/mol. The number of piperazine rings is 1. The number of aromatic nitrogens is 3. The number of rotatable bonds is 3. The molecule has 2 aromatic heterocycles. The van der Waals surface area contributed by atoms with E-state index < -0.39 is 0 Å². The highest BCUT2D eigenvalue weighted by atomic mass is 32.1. The zero-order chi connectivity index (χ0) is 17.2. The second-order valence-electron chi connectivity index (χ2n) is 6.18. The van der Waals surface area contributed by atoms with Crippen LogP contribution in [0.5, 0.6) is 0 Å². The number of hydrogen-bond donors (Lipinski definition) is 0. The summed E-state index contributed by atoms with van der Waals surface area (Å²) in [6.45, 7) is 3.39. The topological polar surface area (TPSA) is 54.3 Å². The monoisotopic (exact) mass is 353 g/mol. The molecular formula is C18H19N5OS. The average molecular weight is 353 g/mol. The van der Waals surface area contributed by atoms with Crippen molar-refractivity contribution in [2.24, 2.45) is 0 Å². The Labute approximate surface area is 150 Å². The highest BCUT2D eigenvalue weighted by Crippen LogP contribution is 2.23. The molecule has 0 radical (unpaired) electrons. The minimum absolute atomic E-state index is 0.0915. The minimum Gasteiger partial charge on any atom is -0.336 e. The summed E-state index contributed by atoms with van der Waals surface area (Å²) >= 11 is 1.40. The summed E-state index contributed by atoms with van der Waals surface area (Å²) in [7, 11) is 2.09. The maximum absolute atomic E-state index is 12.8. The molecule has 1 aromatic carbocycles. The first-order chi connectivity index (χ1) is 12.2. The predicted molar refractivity (Wildman–Crippen MR) is 98.1 cm³/mol. The van der Waals surface area contributed by atoms with Crippen molar-refractivity contribution in [3.05, 3.63) is 53.8 Å². The number of carbonyl (C=O) groups is 1. The Morgan fingerprint density at radius 3 is 2.80 bits per heavy atom. The van der Waals surface area contributed by atoms with Crippen LogP contribution in [0.3, 0.4) is 0 Å². The Balaban J connectivity index is 1.62. The van der Waals surface area contributed by atoms with Crippen LogP contribution in [0.25, 0.3) is 17.1 Å². The lowest BCUT2D eigenvalue weighted by atomic mass is 10.1. The second-order valence-corrected chi connectivity index (χ2v) is 6.84. The Hall–Kier alpha value is -2.51. The smallest absolute Gasteiger partial charge is 0.254 e. The summed E-state index contributed by atoms with van der Waals surface area (Å²) < 4.78 is 6.14. The van der Waals surface area contributed by atoms with Crippen molar-refractivity contribution in [2.75, 3.05) is 33.2 Å². The first-order valence-electron chi connectivity index (χ1n) is 8.24. The molecule has 128 valence electrons. The summed E-state index contributed by atoms with van der Waals surface area (Å²) in [4.78, 5) is 21.4. The van der Waals surface area contributed by atoms with Gasteiger partial charge in [0.25, 0.3) is 5.91 Å². The maximum atomic E-state index is 12.8. The van der Waals surface area contributed by atoms with Gasteiger partial charge in [-0.25, -0.2) is 9.36 Å². The lowest BCUT2D eigenvalue weighted by molar-refractivity contribution is 0.0664. The lowest BCUT2D eigenvalue weighted by Crippen LogP contribution is -2.47. The van der Waals surface area contributed by atoms with Crippen molar-refractivity contribution in [3.8, 4) is 17.1 Å². The molecule has 1 amide bonds. The Kier molecular flexibility index (Phi) is 4.33. The molecule has 7 heteroatoms. The zero-order valence-corrected chi connectivity index (χ0v) is 14.8. The van der Waals surface area contributed by atoms with Crippen molar-refractivity contribution in [2.45, 2.75) is 0 Å². The third kappa shape index (κ3) is 3.20. The van der Waals surface area contributed by atoms with Crippen LogP contribution in [0, 0.1) is 0 Å². The molecule has 0 aliphatic carbocycles. The van der Waals surface area contributed by atoms with Gasteiger partial charge in [0, 0.05) is 60.8 Å². The van der Waals surface area contributed by atoms with Gasteiger partial charge in [0.1, 0.15) is 5.82 Å². The highest BCUT2D eigenvalue weighted by molar-refractivity contribution is 7.03. The third-order valence-corrected chi connectivity index (χ3v) is 5.08. The molecule has 1 fully saturated rings. The molecule has 0 saturated carbocycles. The number of nitrogens with zero attached hydrogens (tertiary/aromatic N) is 5. The standard InChI is InChI=1S/C18H19N5OS/c1-21-7-9-22(10-8-21)18(24)14-3-2-4-16(11-14)23-6-5-19-17(23)15-12-20-25-13-15/h2-6,11-13H,7-10H2,1H3. The van der Waals surface area contributed by atoms with E-state index in [1.165, 1.54) is 11.5 Å². The fraction of sp³-hybridized carbons (Fsp3) is 0.278.